The maximum absolute atomic E-state index is 12.1. The van der Waals surface area contributed by atoms with Gasteiger partial charge in [0, 0.05) is 43.1 Å². The zero-order valence-electron chi connectivity index (χ0n) is 21.4. The molecular formula is C27H34N8O. The molecule has 2 amide bonds. The van der Waals surface area contributed by atoms with Crippen LogP contribution in [0.4, 0.5) is 16.2 Å². The lowest BCUT2D eigenvalue weighted by molar-refractivity contribution is 0.244. The number of H-pyrrole nitrogens is 2. The molecule has 0 aliphatic carbocycles. The Kier molecular flexibility index (Phi) is 6.40. The van der Waals surface area contributed by atoms with Crippen molar-refractivity contribution in [3.8, 4) is 22.8 Å². The topological polar surface area (TPSA) is 105 Å². The highest BCUT2D eigenvalue weighted by molar-refractivity contribution is 5.90. The summed E-state index contributed by atoms with van der Waals surface area (Å²) in [6.07, 6.45) is 0. The lowest BCUT2D eigenvalue weighted by Gasteiger charge is -2.35. The van der Waals surface area contributed by atoms with Gasteiger partial charge in [-0.05, 0) is 69.3 Å². The van der Waals surface area contributed by atoms with Crippen molar-refractivity contribution >= 4 is 28.4 Å². The van der Waals surface area contributed by atoms with E-state index in [2.05, 4.69) is 60.7 Å². The van der Waals surface area contributed by atoms with E-state index in [0.29, 0.717) is 0 Å². The van der Waals surface area contributed by atoms with Crippen molar-refractivity contribution in [1.82, 2.24) is 30.4 Å². The summed E-state index contributed by atoms with van der Waals surface area (Å²) in [4.78, 5) is 25.2. The lowest BCUT2D eigenvalue weighted by Crippen LogP contribution is -2.46. The average Bonchev–Trinajstić information content (AvgIpc) is 3.50. The molecule has 36 heavy (non-hydrogen) atoms. The molecule has 0 bridgehead atoms. The van der Waals surface area contributed by atoms with Crippen LogP contribution in [0, 0.1) is 0 Å². The van der Waals surface area contributed by atoms with Gasteiger partial charge in [0.1, 0.15) is 5.69 Å². The van der Waals surface area contributed by atoms with Crippen LogP contribution in [-0.2, 0) is 0 Å². The first-order valence-corrected chi connectivity index (χ1v) is 12.5. The van der Waals surface area contributed by atoms with Gasteiger partial charge in [0.15, 0.2) is 5.82 Å². The summed E-state index contributed by atoms with van der Waals surface area (Å²) < 4.78 is 0. The number of imidazole rings is 1. The predicted molar refractivity (Wildman–Crippen MR) is 145 cm³/mol. The van der Waals surface area contributed by atoms with Gasteiger partial charge in [-0.25, -0.2) is 9.78 Å². The van der Waals surface area contributed by atoms with Gasteiger partial charge in [-0.15, -0.1) is 0 Å². The number of amides is 2. The highest BCUT2D eigenvalue weighted by Crippen LogP contribution is 2.27. The summed E-state index contributed by atoms with van der Waals surface area (Å²) in [5, 5.41) is 13.3. The van der Waals surface area contributed by atoms with Crippen LogP contribution in [-0.4, -0.2) is 69.4 Å². The van der Waals surface area contributed by atoms with Crippen molar-refractivity contribution in [3.63, 3.8) is 0 Å². The molecule has 9 heteroatoms. The Morgan fingerprint density at radius 1 is 1.03 bits per heavy atom. The average molecular weight is 487 g/mol. The van der Waals surface area contributed by atoms with Gasteiger partial charge < -0.3 is 25.4 Å². The second-order valence-corrected chi connectivity index (χ2v) is 10.3. The number of urea groups is 1. The molecule has 1 aliphatic rings. The first-order valence-electron chi connectivity index (χ1n) is 12.5. The van der Waals surface area contributed by atoms with Crippen LogP contribution in [0.1, 0.15) is 27.7 Å². The van der Waals surface area contributed by atoms with Gasteiger partial charge >= 0.3 is 6.03 Å². The third-order valence-corrected chi connectivity index (χ3v) is 6.41. The smallest absolute Gasteiger partial charge is 0.319 e. The highest BCUT2D eigenvalue weighted by Gasteiger charge is 2.18. The molecule has 4 aromatic rings. The van der Waals surface area contributed by atoms with Gasteiger partial charge in [-0.2, -0.15) is 5.10 Å². The van der Waals surface area contributed by atoms with E-state index in [1.54, 1.807) is 0 Å². The van der Waals surface area contributed by atoms with Gasteiger partial charge in [-0.3, -0.25) is 5.10 Å². The molecule has 5 rings (SSSR count). The third-order valence-electron chi connectivity index (χ3n) is 6.41. The fourth-order valence-electron chi connectivity index (χ4n) is 4.46. The van der Waals surface area contributed by atoms with Crippen LogP contribution in [0.2, 0.25) is 0 Å². The number of hydrogen-bond donors (Lipinski definition) is 4. The summed E-state index contributed by atoms with van der Waals surface area (Å²) in [6.45, 7) is 13.4. The molecule has 0 saturated carbocycles. The molecule has 188 valence electrons. The van der Waals surface area contributed by atoms with Gasteiger partial charge in [-0.1, -0.05) is 19.1 Å². The second-order valence-electron chi connectivity index (χ2n) is 10.3. The number of likely N-dealkylation sites (N-methyl/N-ethyl adjacent to an activating group) is 1. The first kappa shape index (κ1) is 23.9. The molecule has 2 aromatic heterocycles. The van der Waals surface area contributed by atoms with Crippen LogP contribution in [0.3, 0.4) is 0 Å². The summed E-state index contributed by atoms with van der Waals surface area (Å²) in [6, 6.07) is 15.8. The maximum Gasteiger partial charge on any atom is 0.319 e. The Hall–Kier alpha value is -3.85. The maximum atomic E-state index is 12.1. The van der Waals surface area contributed by atoms with Crippen molar-refractivity contribution in [2.75, 3.05) is 42.9 Å². The fraction of sp³-hybridized carbons (Fsp3) is 0.370. The number of fused-ring (bicyclic) bond motifs is 1. The predicted octanol–water partition coefficient (Wildman–Crippen LogP) is 4.68. The minimum atomic E-state index is -0.293. The molecule has 0 radical (unpaired) electrons. The lowest BCUT2D eigenvalue weighted by atomic mass is 10.1. The summed E-state index contributed by atoms with van der Waals surface area (Å²) in [5.74, 6) is 0.734. The van der Waals surface area contributed by atoms with Crippen LogP contribution >= 0.6 is 0 Å². The quantitative estimate of drug-likeness (QED) is 0.328. The number of carbonyl (C=O) groups excluding carboxylic acids is 1. The van der Waals surface area contributed by atoms with Crippen LogP contribution in [0.25, 0.3) is 33.8 Å². The van der Waals surface area contributed by atoms with E-state index in [-0.39, 0.29) is 11.6 Å². The minimum Gasteiger partial charge on any atom is -0.369 e. The van der Waals surface area contributed by atoms with Crippen LogP contribution in [0.5, 0.6) is 0 Å². The molecular weight excluding hydrogens is 452 g/mol. The zero-order chi connectivity index (χ0) is 25.3. The van der Waals surface area contributed by atoms with E-state index in [1.807, 2.05) is 51.1 Å². The molecule has 1 fully saturated rings. The Labute approximate surface area is 211 Å². The van der Waals surface area contributed by atoms with Crippen molar-refractivity contribution in [1.29, 1.82) is 0 Å². The van der Waals surface area contributed by atoms with Crippen molar-refractivity contribution < 1.29 is 4.79 Å². The van der Waals surface area contributed by atoms with E-state index in [4.69, 9.17) is 4.98 Å². The number of benzene rings is 2. The summed E-state index contributed by atoms with van der Waals surface area (Å²) in [5.41, 5.74) is 6.19. The number of nitrogens with one attached hydrogen (secondary N) is 4. The number of rotatable bonds is 5. The van der Waals surface area contributed by atoms with Crippen LogP contribution < -0.4 is 15.5 Å². The Morgan fingerprint density at radius 2 is 1.78 bits per heavy atom. The number of anilines is 2. The zero-order valence-corrected chi connectivity index (χ0v) is 21.4. The van der Waals surface area contributed by atoms with Crippen LogP contribution in [0.15, 0.2) is 48.5 Å². The van der Waals surface area contributed by atoms with Crippen molar-refractivity contribution in [3.05, 3.63) is 48.5 Å². The normalized spacial score (nSPS) is 14.8. The largest absolute Gasteiger partial charge is 0.369 e. The number of piperazine rings is 1. The monoisotopic (exact) mass is 486 g/mol. The van der Waals surface area contributed by atoms with E-state index >= 15 is 0 Å². The van der Waals surface area contributed by atoms with Gasteiger partial charge in [0.25, 0.3) is 0 Å². The fourth-order valence-corrected chi connectivity index (χ4v) is 4.46. The standard InChI is InChI=1S/C27H34N8O/c1-5-34-12-14-35(15-13-34)20-10-11-21-23(16-20)30-25(29-21)24-17-22(32-33-24)18-6-8-19(9-7-18)28-26(36)31-27(2,3)4/h6-11,16-17H,5,12-15H2,1-4H3,(H,29,30)(H,32,33)(H2,28,31,36). The molecule has 2 aromatic carbocycles. The molecule has 1 saturated heterocycles. The Balaban J connectivity index is 1.28. The third kappa shape index (κ3) is 5.36. The SMILES string of the molecule is CCN1CCN(c2ccc3[nH]c(-c4cc(-c5ccc(NC(=O)NC(C)(C)C)cc5)[nH]n4)nc3c2)CC1. The molecule has 0 atom stereocenters. The second kappa shape index (κ2) is 9.66. The van der Waals surface area contributed by atoms with Gasteiger partial charge in [0.2, 0.25) is 0 Å². The van der Waals surface area contributed by atoms with Gasteiger partial charge in [0.05, 0.1) is 16.7 Å². The Bertz CT molecular complexity index is 1340. The minimum absolute atomic E-state index is 0.227. The first-order chi connectivity index (χ1) is 17.3. The van der Waals surface area contributed by atoms with Crippen molar-refractivity contribution in [2.24, 2.45) is 0 Å². The number of nitrogens with zero attached hydrogens (tertiary/aromatic N) is 4. The Morgan fingerprint density at radius 3 is 2.47 bits per heavy atom. The van der Waals surface area contributed by atoms with E-state index in [1.165, 1.54) is 5.69 Å². The molecule has 4 N–H and O–H groups in total. The molecule has 0 unspecified atom stereocenters. The number of aromatic amines is 2. The van der Waals surface area contributed by atoms with Crippen molar-refractivity contribution in [2.45, 2.75) is 33.2 Å². The molecule has 3 heterocycles. The summed E-state index contributed by atoms with van der Waals surface area (Å²) >= 11 is 0. The molecule has 9 nitrogen and oxygen atoms in total. The number of aromatic nitrogens is 4. The molecule has 0 spiro atoms. The highest BCUT2D eigenvalue weighted by atomic mass is 16.2. The van der Waals surface area contributed by atoms with E-state index in [0.717, 1.165) is 72.2 Å². The molecule has 1 aliphatic heterocycles. The number of carbonyl (C=O) groups is 1. The number of hydrogen-bond acceptors (Lipinski definition) is 5. The van der Waals surface area contributed by atoms with E-state index in [9.17, 15) is 4.79 Å². The van der Waals surface area contributed by atoms with E-state index < -0.39 is 0 Å². The summed E-state index contributed by atoms with van der Waals surface area (Å²) in [7, 11) is 0.